The summed E-state index contributed by atoms with van der Waals surface area (Å²) in [6.07, 6.45) is 0. The van der Waals surface area contributed by atoms with Crippen LogP contribution < -0.4 is 0 Å². The number of para-hydroxylation sites is 2. The van der Waals surface area contributed by atoms with Crippen LogP contribution in [-0.2, 0) is 5.75 Å². The van der Waals surface area contributed by atoms with Crippen molar-refractivity contribution in [2.24, 2.45) is 0 Å². The molecule has 1 heterocycles. The number of aromatic amines is 1. The first-order chi connectivity index (χ1) is 11.7. The van der Waals surface area contributed by atoms with Gasteiger partial charge in [-0.2, -0.15) is 0 Å². The van der Waals surface area contributed by atoms with Crippen LogP contribution in [0.2, 0.25) is 0 Å². The molecule has 3 rings (SSSR count). The summed E-state index contributed by atoms with van der Waals surface area (Å²) in [6.45, 7) is 5.46. The van der Waals surface area contributed by atoms with E-state index in [0.29, 0.717) is 5.75 Å². The van der Waals surface area contributed by atoms with E-state index in [2.05, 4.69) is 9.97 Å². The van der Waals surface area contributed by atoms with Crippen molar-refractivity contribution in [2.45, 2.75) is 24.8 Å². The van der Waals surface area contributed by atoms with Crippen LogP contribution in [0.5, 0.6) is 0 Å². The Morgan fingerprint density at radius 2 is 1.79 bits per heavy atom. The molecule has 0 aliphatic rings. The van der Waals surface area contributed by atoms with Crippen LogP contribution >= 0.6 is 11.8 Å². The van der Waals surface area contributed by atoms with Gasteiger partial charge in [0.25, 0.3) is 5.91 Å². The number of imidazole rings is 1. The molecule has 1 aromatic heterocycles. The van der Waals surface area contributed by atoms with E-state index in [1.165, 1.54) is 0 Å². The summed E-state index contributed by atoms with van der Waals surface area (Å²) in [5.74, 6) is 0.809. The minimum atomic E-state index is 0.0980. The molecule has 0 fully saturated rings. The average Bonchev–Trinajstić information content (AvgIpc) is 3.04. The molecule has 124 valence electrons. The lowest BCUT2D eigenvalue weighted by Crippen LogP contribution is -2.31. The van der Waals surface area contributed by atoms with Crippen molar-refractivity contribution >= 4 is 28.7 Å². The van der Waals surface area contributed by atoms with Gasteiger partial charge in [-0.05, 0) is 37.6 Å². The molecule has 4 nitrogen and oxygen atoms in total. The van der Waals surface area contributed by atoms with Crippen LogP contribution in [0.15, 0.2) is 53.7 Å². The normalized spacial score (nSPS) is 10.9. The fraction of sp³-hybridized carbons (Fsp3) is 0.263. The van der Waals surface area contributed by atoms with Crippen molar-refractivity contribution < 1.29 is 4.79 Å². The maximum atomic E-state index is 12.7. The topological polar surface area (TPSA) is 49.0 Å². The lowest BCUT2D eigenvalue weighted by molar-refractivity contribution is 0.0772. The van der Waals surface area contributed by atoms with Crippen molar-refractivity contribution in [3.8, 4) is 0 Å². The van der Waals surface area contributed by atoms with E-state index >= 15 is 0 Å². The molecule has 0 saturated heterocycles. The quantitative estimate of drug-likeness (QED) is 0.680. The van der Waals surface area contributed by atoms with E-state index < -0.39 is 0 Å². The third kappa shape index (κ3) is 3.46. The highest BCUT2D eigenvalue weighted by Gasteiger charge is 2.16. The molecule has 0 unspecified atom stereocenters. The van der Waals surface area contributed by atoms with Crippen LogP contribution in [0.1, 0.15) is 29.8 Å². The van der Waals surface area contributed by atoms with E-state index in [-0.39, 0.29) is 5.91 Å². The van der Waals surface area contributed by atoms with E-state index in [1.54, 1.807) is 11.8 Å². The number of fused-ring (bicyclic) bond motifs is 1. The first-order valence-electron chi connectivity index (χ1n) is 8.17. The van der Waals surface area contributed by atoms with Gasteiger partial charge in [-0.15, -0.1) is 0 Å². The van der Waals surface area contributed by atoms with Gasteiger partial charge in [-0.1, -0.05) is 42.1 Å². The number of aromatic nitrogens is 2. The molecule has 0 saturated carbocycles. The maximum Gasteiger partial charge on any atom is 0.254 e. The van der Waals surface area contributed by atoms with Crippen molar-refractivity contribution in [3.63, 3.8) is 0 Å². The van der Waals surface area contributed by atoms with E-state index in [9.17, 15) is 4.79 Å². The zero-order valence-corrected chi connectivity index (χ0v) is 14.8. The molecule has 5 heteroatoms. The van der Waals surface area contributed by atoms with Gasteiger partial charge in [0.15, 0.2) is 5.16 Å². The van der Waals surface area contributed by atoms with Gasteiger partial charge in [0.2, 0.25) is 0 Å². The third-order valence-electron chi connectivity index (χ3n) is 4.03. The Kier molecular flexibility index (Phi) is 5.20. The maximum absolute atomic E-state index is 12.7. The highest BCUT2D eigenvalue weighted by Crippen LogP contribution is 2.25. The molecule has 1 N–H and O–H groups in total. The third-order valence-corrected chi connectivity index (χ3v) is 4.95. The molecule has 24 heavy (non-hydrogen) atoms. The fourth-order valence-corrected chi connectivity index (χ4v) is 3.57. The molecule has 1 amide bonds. The minimum absolute atomic E-state index is 0.0980. The van der Waals surface area contributed by atoms with Gasteiger partial charge >= 0.3 is 0 Å². The van der Waals surface area contributed by atoms with E-state index in [1.807, 2.05) is 67.3 Å². The smallest absolute Gasteiger partial charge is 0.254 e. The molecule has 0 bridgehead atoms. The summed E-state index contributed by atoms with van der Waals surface area (Å²) in [5.41, 5.74) is 3.82. The number of amides is 1. The monoisotopic (exact) mass is 339 g/mol. The number of hydrogen-bond donors (Lipinski definition) is 1. The predicted octanol–water partition coefficient (Wildman–Crippen LogP) is 4.34. The molecular formula is C19H21N3OS. The summed E-state index contributed by atoms with van der Waals surface area (Å²) < 4.78 is 0. The van der Waals surface area contributed by atoms with Gasteiger partial charge in [0, 0.05) is 24.4 Å². The Labute approximate surface area is 146 Å². The average molecular weight is 339 g/mol. The summed E-state index contributed by atoms with van der Waals surface area (Å²) >= 11 is 1.62. The van der Waals surface area contributed by atoms with Crippen molar-refractivity contribution in [1.29, 1.82) is 0 Å². The first-order valence-corrected chi connectivity index (χ1v) is 9.16. The summed E-state index contributed by atoms with van der Waals surface area (Å²) in [6, 6.07) is 15.8. The molecule has 0 aliphatic carbocycles. The number of H-pyrrole nitrogens is 1. The highest BCUT2D eigenvalue weighted by molar-refractivity contribution is 7.98. The van der Waals surface area contributed by atoms with Gasteiger partial charge in [0.05, 0.1) is 11.0 Å². The molecule has 0 aliphatic heterocycles. The second-order valence-electron chi connectivity index (χ2n) is 5.48. The molecule has 0 radical (unpaired) electrons. The number of carbonyl (C=O) groups excluding carboxylic acids is 1. The van der Waals surface area contributed by atoms with Gasteiger partial charge < -0.3 is 9.88 Å². The lowest BCUT2D eigenvalue weighted by atomic mass is 10.1. The van der Waals surface area contributed by atoms with E-state index in [4.69, 9.17) is 0 Å². The number of hydrogen-bond acceptors (Lipinski definition) is 3. The lowest BCUT2D eigenvalue weighted by Gasteiger charge is -2.20. The van der Waals surface area contributed by atoms with Crippen molar-refractivity contribution in [2.75, 3.05) is 13.1 Å². The highest BCUT2D eigenvalue weighted by atomic mass is 32.2. The van der Waals surface area contributed by atoms with Crippen LogP contribution in [0, 0.1) is 0 Å². The van der Waals surface area contributed by atoms with E-state index in [0.717, 1.165) is 40.4 Å². The SMILES string of the molecule is CCN(CC)C(=O)c1ccccc1CSc1nc2ccccc2[nH]1. The molecule has 3 aromatic rings. The first kappa shape index (κ1) is 16.6. The van der Waals surface area contributed by atoms with Crippen LogP contribution in [0.25, 0.3) is 11.0 Å². The van der Waals surface area contributed by atoms with Crippen molar-refractivity contribution in [3.05, 3.63) is 59.7 Å². The molecule has 0 atom stereocenters. The number of nitrogens with zero attached hydrogens (tertiary/aromatic N) is 2. The Morgan fingerprint density at radius 3 is 2.54 bits per heavy atom. The van der Waals surface area contributed by atoms with Crippen molar-refractivity contribution in [1.82, 2.24) is 14.9 Å². The second-order valence-corrected chi connectivity index (χ2v) is 6.45. The zero-order valence-electron chi connectivity index (χ0n) is 14.0. The number of nitrogens with one attached hydrogen (secondary N) is 1. The molecule has 0 spiro atoms. The van der Waals surface area contributed by atoms with Crippen LogP contribution in [0.3, 0.4) is 0 Å². The largest absolute Gasteiger partial charge is 0.339 e. The van der Waals surface area contributed by atoms with Crippen LogP contribution in [-0.4, -0.2) is 33.9 Å². The second kappa shape index (κ2) is 7.53. The number of carbonyl (C=O) groups is 1. The summed E-state index contributed by atoms with van der Waals surface area (Å²) in [5, 5.41) is 0.876. The number of thioether (sulfide) groups is 1. The fourth-order valence-electron chi connectivity index (χ4n) is 2.68. The molecular weight excluding hydrogens is 318 g/mol. The zero-order chi connectivity index (χ0) is 16.9. The Bertz CT molecular complexity index is 806. The minimum Gasteiger partial charge on any atom is -0.339 e. The number of rotatable bonds is 6. The Balaban J connectivity index is 1.79. The van der Waals surface area contributed by atoms with Gasteiger partial charge in [-0.25, -0.2) is 4.98 Å². The summed E-state index contributed by atoms with van der Waals surface area (Å²) in [7, 11) is 0. The predicted molar refractivity (Wildman–Crippen MR) is 99.3 cm³/mol. The Hall–Kier alpha value is -2.27. The Morgan fingerprint density at radius 1 is 1.08 bits per heavy atom. The van der Waals surface area contributed by atoms with Gasteiger partial charge in [0.1, 0.15) is 0 Å². The molecule has 2 aromatic carbocycles. The van der Waals surface area contributed by atoms with Gasteiger partial charge in [-0.3, -0.25) is 4.79 Å². The standard InChI is InChI=1S/C19H21N3OS/c1-3-22(4-2)18(23)15-10-6-5-9-14(15)13-24-19-20-16-11-7-8-12-17(16)21-19/h5-12H,3-4,13H2,1-2H3,(H,20,21). The number of benzene rings is 2. The van der Waals surface area contributed by atoms with Crippen LogP contribution in [0.4, 0.5) is 0 Å². The summed E-state index contributed by atoms with van der Waals surface area (Å²) in [4.78, 5) is 22.4.